The van der Waals surface area contributed by atoms with Gasteiger partial charge in [-0.05, 0) is 30.7 Å². The van der Waals surface area contributed by atoms with Crippen LogP contribution in [-0.4, -0.2) is 6.61 Å². The zero-order chi connectivity index (χ0) is 14.4. The molecular weight excluding hydrogens is 314 g/mol. The molecule has 0 amide bonds. The summed E-state index contributed by atoms with van der Waals surface area (Å²) in [5.41, 5.74) is 8.13. The van der Waals surface area contributed by atoms with Crippen LogP contribution in [0.25, 0.3) is 6.08 Å². The maximum atomic E-state index is 5.95. The molecule has 0 heterocycles. The lowest BCUT2D eigenvalue weighted by Gasteiger charge is -2.13. The Labute approximate surface area is 128 Å². The Kier molecular flexibility index (Phi) is 5.39. The first-order valence-corrected chi connectivity index (χ1v) is 7.35. The predicted molar refractivity (Wildman–Crippen MR) is 87.7 cm³/mol. The summed E-state index contributed by atoms with van der Waals surface area (Å²) in [5.74, 6) is 0.826. The van der Waals surface area contributed by atoms with Gasteiger partial charge in [0.1, 0.15) is 12.4 Å². The van der Waals surface area contributed by atoms with Gasteiger partial charge in [-0.15, -0.1) is 0 Å². The molecule has 0 unspecified atom stereocenters. The van der Waals surface area contributed by atoms with E-state index in [-0.39, 0.29) is 6.04 Å². The SMILES string of the molecule is C[C@@H](N)c1ccc(Br)cc1OC/C=C/c1ccccc1. The quantitative estimate of drug-likeness (QED) is 0.871. The van der Waals surface area contributed by atoms with E-state index in [4.69, 9.17) is 10.5 Å². The number of nitrogens with two attached hydrogens (primary N) is 1. The highest BCUT2D eigenvalue weighted by Crippen LogP contribution is 2.27. The Bertz CT molecular complexity index is 579. The van der Waals surface area contributed by atoms with E-state index in [1.807, 2.05) is 55.5 Å². The van der Waals surface area contributed by atoms with Crippen LogP contribution >= 0.6 is 15.9 Å². The number of hydrogen-bond acceptors (Lipinski definition) is 2. The van der Waals surface area contributed by atoms with Gasteiger partial charge >= 0.3 is 0 Å². The fraction of sp³-hybridized carbons (Fsp3) is 0.176. The van der Waals surface area contributed by atoms with Crippen molar-refractivity contribution in [3.05, 3.63) is 70.2 Å². The van der Waals surface area contributed by atoms with Crippen LogP contribution in [-0.2, 0) is 0 Å². The molecule has 0 radical (unpaired) electrons. The minimum atomic E-state index is -0.0452. The minimum absolute atomic E-state index is 0.0452. The molecule has 3 heteroatoms. The number of halogens is 1. The van der Waals surface area contributed by atoms with Crippen molar-refractivity contribution in [3.63, 3.8) is 0 Å². The van der Waals surface area contributed by atoms with Crippen molar-refractivity contribution in [2.45, 2.75) is 13.0 Å². The zero-order valence-corrected chi connectivity index (χ0v) is 13.0. The van der Waals surface area contributed by atoms with Gasteiger partial charge in [-0.3, -0.25) is 0 Å². The molecule has 2 aromatic rings. The third-order valence-electron chi connectivity index (χ3n) is 2.91. The molecule has 20 heavy (non-hydrogen) atoms. The van der Waals surface area contributed by atoms with Gasteiger partial charge in [0.15, 0.2) is 0 Å². The van der Waals surface area contributed by atoms with Gasteiger partial charge in [-0.1, -0.05) is 58.4 Å². The van der Waals surface area contributed by atoms with E-state index in [1.165, 1.54) is 0 Å². The van der Waals surface area contributed by atoms with Gasteiger partial charge in [0.25, 0.3) is 0 Å². The van der Waals surface area contributed by atoms with Crippen LogP contribution in [0.5, 0.6) is 5.75 Å². The highest BCUT2D eigenvalue weighted by molar-refractivity contribution is 9.10. The summed E-state index contributed by atoms with van der Waals surface area (Å²) in [5, 5.41) is 0. The second kappa shape index (κ2) is 7.27. The van der Waals surface area contributed by atoms with Crippen molar-refractivity contribution in [1.82, 2.24) is 0 Å². The summed E-state index contributed by atoms with van der Waals surface area (Å²) in [7, 11) is 0. The molecule has 0 fully saturated rings. The van der Waals surface area contributed by atoms with E-state index in [1.54, 1.807) is 0 Å². The second-order valence-corrected chi connectivity index (χ2v) is 5.51. The first-order valence-electron chi connectivity index (χ1n) is 6.56. The van der Waals surface area contributed by atoms with Gasteiger partial charge in [0, 0.05) is 16.1 Å². The van der Waals surface area contributed by atoms with Crippen molar-refractivity contribution >= 4 is 22.0 Å². The highest BCUT2D eigenvalue weighted by atomic mass is 79.9. The third-order valence-corrected chi connectivity index (χ3v) is 3.40. The van der Waals surface area contributed by atoms with Crippen LogP contribution in [0.15, 0.2) is 59.1 Å². The maximum Gasteiger partial charge on any atom is 0.125 e. The number of ether oxygens (including phenoxy) is 1. The van der Waals surface area contributed by atoms with Crippen molar-refractivity contribution in [3.8, 4) is 5.75 Å². The summed E-state index contributed by atoms with van der Waals surface area (Å²) in [6, 6.07) is 16.0. The smallest absolute Gasteiger partial charge is 0.125 e. The number of hydrogen-bond donors (Lipinski definition) is 1. The van der Waals surface area contributed by atoms with E-state index >= 15 is 0 Å². The summed E-state index contributed by atoms with van der Waals surface area (Å²) in [6.45, 7) is 2.47. The van der Waals surface area contributed by atoms with E-state index in [2.05, 4.69) is 28.1 Å². The molecule has 0 bridgehead atoms. The Morgan fingerprint density at radius 3 is 2.65 bits per heavy atom. The van der Waals surface area contributed by atoms with Gasteiger partial charge in [0.2, 0.25) is 0 Å². The fourth-order valence-electron chi connectivity index (χ4n) is 1.90. The maximum absolute atomic E-state index is 5.95. The Morgan fingerprint density at radius 1 is 1.20 bits per heavy atom. The molecule has 2 rings (SSSR count). The average Bonchev–Trinajstić information content (AvgIpc) is 2.44. The molecule has 0 aliphatic rings. The molecule has 104 valence electrons. The predicted octanol–water partition coefficient (Wildman–Crippen LogP) is 4.56. The lowest BCUT2D eigenvalue weighted by molar-refractivity contribution is 0.357. The van der Waals surface area contributed by atoms with Crippen LogP contribution < -0.4 is 10.5 Å². The zero-order valence-electron chi connectivity index (χ0n) is 11.4. The van der Waals surface area contributed by atoms with Crippen molar-refractivity contribution in [2.24, 2.45) is 5.73 Å². The molecule has 0 aliphatic carbocycles. The highest BCUT2D eigenvalue weighted by Gasteiger charge is 2.08. The molecule has 0 saturated heterocycles. The van der Waals surface area contributed by atoms with Crippen LogP contribution in [0.1, 0.15) is 24.1 Å². The number of benzene rings is 2. The van der Waals surface area contributed by atoms with E-state index < -0.39 is 0 Å². The molecule has 0 aliphatic heterocycles. The topological polar surface area (TPSA) is 35.2 Å². The third kappa shape index (κ3) is 4.22. The lowest BCUT2D eigenvalue weighted by atomic mass is 10.1. The molecule has 2 N–H and O–H groups in total. The van der Waals surface area contributed by atoms with Crippen LogP contribution in [0.2, 0.25) is 0 Å². The average molecular weight is 332 g/mol. The Hall–Kier alpha value is -1.58. The summed E-state index contributed by atoms with van der Waals surface area (Å²) >= 11 is 3.45. The largest absolute Gasteiger partial charge is 0.489 e. The summed E-state index contributed by atoms with van der Waals surface area (Å²) < 4.78 is 6.79. The fourth-order valence-corrected chi connectivity index (χ4v) is 2.24. The monoisotopic (exact) mass is 331 g/mol. The molecule has 0 spiro atoms. The minimum Gasteiger partial charge on any atom is -0.489 e. The molecular formula is C17H18BrNO. The molecule has 0 aromatic heterocycles. The Morgan fingerprint density at radius 2 is 1.95 bits per heavy atom. The summed E-state index contributed by atoms with van der Waals surface area (Å²) in [4.78, 5) is 0. The first kappa shape index (κ1) is 14.8. The molecule has 2 nitrogen and oxygen atoms in total. The van der Waals surface area contributed by atoms with E-state index in [9.17, 15) is 0 Å². The molecule has 1 atom stereocenters. The van der Waals surface area contributed by atoms with Crippen LogP contribution in [0.4, 0.5) is 0 Å². The van der Waals surface area contributed by atoms with Gasteiger partial charge in [-0.2, -0.15) is 0 Å². The van der Waals surface area contributed by atoms with Gasteiger partial charge < -0.3 is 10.5 Å². The first-order chi connectivity index (χ1) is 9.66. The van der Waals surface area contributed by atoms with E-state index in [0.717, 1.165) is 21.3 Å². The lowest BCUT2D eigenvalue weighted by Crippen LogP contribution is -2.08. The normalized spacial score (nSPS) is 12.6. The second-order valence-electron chi connectivity index (χ2n) is 4.59. The van der Waals surface area contributed by atoms with Crippen molar-refractivity contribution in [1.29, 1.82) is 0 Å². The Balaban J connectivity index is 2.00. The molecule has 2 aromatic carbocycles. The van der Waals surface area contributed by atoms with Gasteiger partial charge in [0.05, 0.1) is 0 Å². The van der Waals surface area contributed by atoms with Crippen molar-refractivity contribution in [2.75, 3.05) is 6.61 Å². The van der Waals surface area contributed by atoms with E-state index in [0.29, 0.717) is 6.61 Å². The molecule has 0 saturated carbocycles. The summed E-state index contributed by atoms with van der Waals surface area (Å²) in [6.07, 6.45) is 4.05. The van der Waals surface area contributed by atoms with Crippen LogP contribution in [0, 0.1) is 0 Å². The van der Waals surface area contributed by atoms with Crippen molar-refractivity contribution < 1.29 is 4.74 Å². The van der Waals surface area contributed by atoms with Gasteiger partial charge in [-0.25, -0.2) is 0 Å². The van der Waals surface area contributed by atoms with Crippen LogP contribution in [0.3, 0.4) is 0 Å². The number of rotatable bonds is 5. The standard InChI is InChI=1S/C17H18BrNO/c1-13(19)16-10-9-15(18)12-17(16)20-11-5-8-14-6-3-2-4-7-14/h2-10,12-13H,11,19H2,1H3/b8-5+/t13-/m1/s1.